The summed E-state index contributed by atoms with van der Waals surface area (Å²) in [6.07, 6.45) is 5.23. The van der Waals surface area contributed by atoms with Crippen LogP contribution in [0, 0.1) is 0 Å². The summed E-state index contributed by atoms with van der Waals surface area (Å²) in [6, 6.07) is 13.5. The van der Waals surface area contributed by atoms with Gasteiger partial charge in [-0.25, -0.2) is 0 Å². The van der Waals surface area contributed by atoms with Crippen molar-refractivity contribution in [1.82, 2.24) is 10.3 Å². The molecule has 6 heteroatoms. The molecular formula is C18H13N3O2S. The number of fused-ring (bicyclic) bond motifs is 1. The number of hydrogen-bond acceptors (Lipinski definition) is 5. The van der Waals surface area contributed by atoms with Gasteiger partial charge in [0.05, 0.1) is 23.2 Å². The molecule has 1 aliphatic rings. The Morgan fingerprint density at radius 1 is 1.21 bits per heavy atom. The largest absolute Gasteiger partial charge is 0.467 e. The molecule has 118 valence electrons. The van der Waals surface area contributed by atoms with Crippen molar-refractivity contribution in [2.75, 3.05) is 0 Å². The van der Waals surface area contributed by atoms with Crippen LogP contribution in [-0.2, 0) is 11.3 Å². The Bertz CT molecular complexity index is 961. The molecule has 1 N–H and O–H groups in total. The average Bonchev–Trinajstić information content (AvgIpc) is 3.23. The monoisotopic (exact) mass is 335 g/mol. The van der Waals surface area contributed by atoms with Crippen LogP contribution in [0.3, 0.4) is 0 Å². The fourth-order valence-electron chi connectivity index (χ4n) is 2.40. The van der Waals surface area contributed by atoms with Gasteiger partial charge in [-0.2, -0.15) is 4.99 Å². The molecule has 1 amide bonds. The molecule has 24 heavy (non-hydrogen) atoms. The molecule has 1 aliphatic heterocycles. The molecule has 3 aromatic rings. The van der Waals surface area contributed by atoms with E-state index in [4.69, 9.17) is 4.42 Å². The first-order valence-electron chi connectivity index (χ1n) is 7.41. The van der Waals surface area contributed by atoms with Gasteiger partial charge < -0.3 is 9.73 Å². The number of aromatic nitrogens is 1. The molecule has 0 spiro atoms. The van der Waals surface area contributed by atoms with Crippen molar-refractivity contribution in [3.05, 3.63) is 71.2 Å². The molecular weight excluding hydrogens is 322 g/mol. The standard InChI is InChI=1S/C18H13N3O2S/c22-17-16(24-18(21-17)20-11-14-4-2-8-23-14)10-12-5-6-15-13(9-12)3-1-7-19-15/h1-10H,11H2,(H,20,21,22)/b16-10-. The lowest BCUT2D eigenvalue weighted by molar-refractivity contribution is -0.113. The highest BCUT2D eigenvalue weighted by Crippen LogP contribution is 2.28. The van der Waals surface area contributed by atoms with Crippen molar-refractivity contribution >= 4 is 39.8 Å². The predicted molar refractivity (Wildman–Crippen MR) is 95.3 cm³/mol. The number of hydrogen-bond donors (Lipinski definition) is 1. The zero-order chi connectivity index (χ0) is 16.4. The van der Waals surface area contributed by atoms with E-state index in [-0.39, 0.29) is 5.91 Å². The van der Waals surface area contributed by atoms with Crippen molar-refractivity contribution in [2.45, 2.75) is 6.54 Å². The lowest BCUT2D eigenvalue weighted by atomic mass is 10.1. The topological polar surface area (TPSA) is 67.5 Å². The Morgan fingerprint density at radius 2 is 2.17 bits per heavy atom. The number of carbonyl (C=O) groups is 1. The van der Waals surface area contributed by atoms with E-state index in [1.807, 2.05) is 48.5 Å². The number of thioether (sulfide) groups is 1. The summed E-state index contributed by atoms with van der Waals surface area (Å²) >= 11 is 1.33. The van der Waals surface area contributed by atoms with E-state index >= 15 is 0 Å². The van der Waals surface area contributed by atoms with Crippen LogP contribution in [-0.4, -0.2) is 16.1 Å². The van der Waals surface area contributed by atoms with E-state index in [0.717, 1.165) is 22.2 Å². The van der Waals surface area contributed by atoms with Gasteiger partial charge in [-0.1, -0.05) is 12.1 Å². The van der Waals surface area contributed by atoms with E-state index in [1.54, 1.807) is 12.5 Å². The predicted octanol–water partition coefficient (Wildman–Crippen LogP) is 3.59. The second kappa shape index (κ2) is 6.33. The Kier molecular flexibility index (Phi) is 3.88. The highest BCUT2D eigenvalue weighted by molar-refractivity contribution is 8.18. The van der Waals surface area contributed by atoms with Crippen LogP contribution in [0.2, 0.25) is 0 Å². The second-order valence-electron chi connectivity index (χ2n) is 5.22. The minimum atomic E-state index is -0.228. The van der Waals surface area contributed by atoms with Crippen molar-refractivity contribution in [1.29, 1.82) is 0 Å². The summed E-state index contributed by atoms with van der Waals surface area (Å²) in [7, 11) is 0. The first-order chi connectivity index (χ1) is 11.8. The normalized spacial score (nSPS) is 15.9. The third-order valence-corrected chi connectivity index (χ3v) is 4.48. The van der Waals surface area contributed by atoms with Crippen molar-refractivity contribution in [3.63, 3.8) is 0 Å². The van der Waals surface area contributed by atoms with E-state index in [0.29, 0.717) is 16.6 Å². The van der Waals surface area contributed by atoms with Gasteiger partial charge in [-0.05, 0) is 53.7 Å². The maximum Gasteiger partial charge on any atom is 0.286 e. The van der Waals surface area contributed by atoms with Crippen LogP contribution in [0.25, 0.3) is 17.0 Å². The average molecular weight is 335 g/mol. The Morgan fingerprint density at radius 3 is 3.04 bits per heavy atom. The molecule has 0 radical (unpaired) electrons. The maximum absolute atomic E-state index is 12.1. The number of furan rings is 1. The van der Waals surface area contributed by atoms with Gasteiger partial charge in [-0.15, -0.1) is 0 Å². The SMILES string of the molecule is O=C1N=C(NCc2ccco2)S/C1=C\c1ccc2ncccc2c1. The number of rotatable bonds is 3. The fraction of sp³-hybridized carbons (Fsp3) is 0.0556. The van der Waals surface area contributed by atoms with Crippen LogP contribution in [0.15, 0.2) is 69.2 Å². The second-order valence-corrected chi connectivity index (χ2v) is 6.25. The molecule has 0 fully saturated rings. The third kappa shape index (κ3) is 3.09. The maximum atomic E-state index is 12.1. The Labute approximate surface area is 142 Å². The first kappa shape index (κ1) is 14.7. The zero-order valence-electron chi connectivity index (χ0n) is 12.6. The highest BCUT2D eigenvalue weighted by Gasteiger charge is 2.21. The number of amidine groups is 1. The Balaban J connectivity index is 1.49. The van der Waals surface area contributed by atoms with Crippen LogP contribution in [0.1, 0.15) is 11.3 Å². The van der Waals surface area contributed by atoms with E-state index in [2.05, 4.69) is 15.3 Å². The number of nitrogens with one attached hydrogen (secondary N) is 1. The molecule has 0 saturated carbocycles. The lowest BCUT2D eigenvalue weighted by Crippen LogP contribution is -2.17. The molecule has 3 heterocycles. The van der Waals surface area contributed by atoms with Crippen LogP contribution >= 0.6 is 11.8 Å². The van der Waals surface area contributed by atoms with Gasteiger partial charge in [-0.3, -0.25) is 9.78 Å². The van der Waals surface area contributed by atoms with Crippen molar-refractivity contribution < 1.29 is 9.21 Å². The summed E-state index contributed by atoms with van der Waals surface area (Å²) in [5.41, 5.74) is 1.89. The summed E-state index contributed by atoms with van der Waals surface area (Å²) in [5.74, 6) is 0.568. The number of benzene rings is 1. The number of amides is 1. The first-order valence-corrected chi connectivity index (χ1v) is 8.23. The molecule has 0 unspecified atom stereocenters. The van der Waals surface area contributed by atoms with E-state index in [9.17, 15) is 4.79 Å². The molecule has 5 nitrogen and oxygen atoms in total. The summed E-state index contributed by atoms with van der Waals surface area (Å²) in [4.78, 5) is 21.0. The molecule has 4 rings (SSSR count). The zero-order valence-corrected chi connectivity index (χ0v) is 13.4. The van der Waals surface area contributed by atoms with Gasteiger partial charge in [0.2, 0.25) is 0 Å². The molecule has 0 saturated heterocycles. The van der Waals surface area contributed by atoms with Gasteiger partial charge in [0, 0.05) is 11.6 Å². The third-order valence-electron chi connectivity index (χ3n) is 3.54. The van der Waals surface area contributed by atoms with Crippen LogP contribution in [0.4, 0.5) is 0 Å². The molecule has 0 aliphatic carbocycles. The Hall–Kier alpha value is -2.86. The number of pyridine rings is 1. The quantitative estimate of drug-likeness (QED) is 0.741. The summed E-state index contributed by atoms with van der Waals surface area (Å²) in [6.45, 7) is 0.501. The smallest absolute Gasteiger partial charge is 0.286 e. The minimum Gasteiger partial charge on any atom is -0.467 e. The summed E-state index contributed by atoms with van der Waals surface area (Å²) in [5, 5.41) is 4.74. The van der Waals surface area contributed by atoms with Gasteiger partial charge in [0.25, 0.3) is 5.91 Å². The van der Waals surface area contributed by atoms with Crippen LogP contribution < -0.4 is 5.32 Å². The van der Waals surface area contributed by atoms with Crippen molar-refractivity contribution in [2.24, 2.45) is 4.99 Å². The van der Waals surface area contributed by atoms with E-state index in [1.165, 1.54) is 11.8 Å². The molecule has 1 aromatic carbocycles. The van der Waals surface area contributed by atoms with Crippen LogP contribution in [0.5, 0.6) is 0 Å². The molecule has 2 aromatic heterocycles. The van der Waals surface area contributed by atoms with Crippen molar-refractivity contribution in [3.8, 4) is 0 Å². The lowest BCUT2D eigenvalue weighted by Gasteiger charge is -2.02. The molecule has 0 atom stereocenters. The molecule has 0 bridgehead atoms. The number of aliphatic imine (C=N–C) groups is 1. The number of carbonyl (C=O) groups excluding carboxylic acids is 1. The van der Waals surface area contributed by atoms with Gasteiger partial charge in [0.15, 0.2) is 5.17 Å². The summed E-state index contributed by atoms with van der Waals surface area (Å²) < 4.78 is 5.25. The number of nitrogens with zero attached hydrogens (tertiary/aromatic N) is 2. The van der Waals surface area contributed by atoms with Gasteiger partial charge in [0.1, 0.15) is 5.76 Å². The minimum absolute atomic E-state index is 0.228. The highest BCUT2D eigenvalue weighted by atomic mass is 32.2. The van der Waals surface area contributed by atoms with Gasteiger partial charge >= 0.3 is 0 Å². The fourth-order valence-corrected chi connectivity index (χ4v) is 3.21. The van der Waals surface area contributed by atoms with E-state index < -0.39 is 0 Å².